The minimum atomic E-state index is -1.45. The van der Waals surface area contributed by atoms with Gasteiger partial charge >= 0.3 is 11.9 Å². The number of hydrogen-bond donors (Lipinski definition) is 7. The molecule has 0 bridgehead atoms. The number of amides is 3. The second kappa shape index (κ2) is 12.0. The highest BCUT2D eigenvalue weighted by Crippen LogP contribution is 2.19. The van der Waals surface area contributed by atoms with Crippen LogP contribution in [0, 0.1) is 0 Å². The van der Waals surface area contributed by atoms with E-state index in [1.807, 2.05) is 0 Å². The smallest absolute Gasteiger partial charge is 0.326 e. The number of aromatic hydroxyl groups is 1. The molecule has 1 aliphatic heterocycles. The molecule has 0 spiro atoms. The number of aliphatic carboxylic acids is 2. The molecule has 0 aromatic heterocycles. The van der Waals surface area contributed by atoms with E-state index in [-0.39, 0.29) is 25.1 Å². The Labute approximate surface area is 194 Å². The van der Waals surface area contributed by atoms with E-state index in [9.17, 15) is 39.3 Å². The molecule has 186 valence electrons. The molecule has 1 aliphatic rings. The number of nitrogens with two attached hydrogens (primary N) is 1. The number of carboxylic acids is 2. The van der Waals surface area contributed by atoms with Crippen molar-refractivity contribution in [2.75, 3.05) is 13.2 Å². The summed E-state index contributed by atoms with van der Waals surface area (Å²) in [6.45, 7) is -0.673. The minimum Gasteiger partial charge on any atom is -0.508 e. The van der Waals surface area contributed by atoms with Gasteiger partial charge in [-0.05, 0) is 30.5 Å². The van der Waals surface area contributed by atoms with Crippen LogP contribution >= 0.6 is 0 Å². The van der Waals surface area contributed by atoms with Crippen LogP contribution in [0.15, 0.2) is 24.3 Å². The van der Waals surface area contributed by atoms with Gasteiger partial charge in [0.25, 0.3) is 0 Å². The number of carbonyl (C=O) groups excluding carboxylic acids is 3. The lowest BCUT2D eigenvalue weighted by Gasteiger charge is -2.29. The van der Waals surface area contributed by atoms with Crippen molar-refractivity contribution in [1.29, 1.82) is 0 Å². The van der Waals surface area contributed by atoms with Crippen LogP contribution in [0.3, 0.4) is 0 Å². The molecule has 1 saturated heterocycles. The standard InChI is InChI=1S/C21H28N4O9/c22-13(9-17(28)29)18(30)24-15(10-26)20(32)25-7-1-2-16(25)19(31)23-14(21(33)34)8-11-3-5-12(27)6-4-11/h3-6,13-16,26-27H,1-2,7-10,22H2,(H,23,31)(H,24,30)(H,28,29)(H,33,34). The number of phenolic OH excluding ortho intramolecular Hbond substituents is 1. The van der Waals surface area contributed by atoms with Gasteiger partial charge in [0.2, 0.25) is 17.7 Å². The summed E-state index contributed by atoms with van der Waals surface area (Å²) in [5, 5.41) is 41.8. The molecule has 2 rings (SSSR count). The fourth-order valence-corrected chi connectivity index (χ4v) is 3.58. The molecule has 4 unspecified atom stereocenters. The fraction of sp³-hybridized carbons (Fsp3) is 0.476. The number of nitrogens with zero attached hydrogens (tertiary/aromatic N) is 1. The maximum absolute atomic E-state index is 12.9. The van der Waals surface area contributed by atoms with Crippen molar-refractivity contribution >= 4 is 29.7 Å². The Morgan fingerprint density at radius 2 is 1.71 bits per heavy atom. The second-order valence-corrected chi connectivity index (χ2v) is 7.91. The van der Waals surface area contributed by atoms with Crippen molar-refractivity contribution < 1.29 is 44.4 Å². The first-order chi connectivity index (χ1) is 16.0. The Morgan fingerprint density at radius 3 is 2.26 bits per heavy atom. The zero-order valence-corrected chi connectivity index (χ0v) is 18.2. The lowest BCUT2D eigenvalue weighted by Crippen LogP contribution is -2.58. The minimum absolute atomic E-state index is 0.00853. The Balaban J connectivity index is 2.06. The molecule has 8 N–H and O–H groups in total. The van der Waals surface area contributed by atoms with Crippen LogP contribution in [0.2, 0.25) is 0 Å². The molecule has 0 radical (unpaired) electrons. The number of carboxylic acid groups (broad SMARTS) is 2. The number of hydrogen-bond acceptors (Lipinski definition) is 8. The number of phenols is 1. The van der Waals surface area contributed by atoms with E-state index in [0.29, 0.717) is 12.0 Å². The SMILES string of the molecule is NC(CC(=O)O)C(=O)NC(CO)C(=O)N1CCCC1C(=O)NC(Cc1ccc(O)cc1)C(=O)O. The average Bonchev–Trinajstić information content (AvgIpc) is 3.27. The molecule has 1 fully saturated rings. The number of aliphatic hydroxyl groups is 1. The zero-order chi connectivity index (χ0) is 25.4. The topological polar surface area (TPSA) is 220 Å². The maximum atomic E-state index is 12.9. The van der Waals surface area contributed by atoms with Crippen molar-refractivity contribution in [3.8, 4) is 5.75 Å². The number of rotatable bonds is 11. The van der Waals surface area contributed by atoms with Gasteiger partial charge in [0.05, 0.1) is 19.1 Å². The molecule has 1 aromatic rings. The van der Waals surface area contributed by atoms with Crippen molar-refractivity contribution in [3.63, 3.8) is 0 Å². The maximum Gasteiger partial charge on any atom is 0.326 e. The fourth-order valence-electron chi connectivity index (χ4n) is 3.58. The van der Waals surface area contributed by atoms with E-state index in [4.69, 9.17) is 10.8 Å². The largest absolute Gasteiger partial charge is 0.508 e. The van der Waals surface area contributed by atoms with Crippen LogP contribution in [0.4, 0.5) is 0 Å². The van der Waals surface area contributed by atoms with Crippen molar-refractivity contribution in [1.82, 2.24) is 15.5 Å². The summed E-state index contributed by atoms with van der Waals surface area (Å²) in [6.07, 6.45) is -0.0543. The summed E-state index contributed by atoms with van der Waals surface area (Å²) in [5.41, 5.74) is 6.03. The van der Waals surface area contributed by atoms with Crippen LogP contribution in [0.1, 0.15) is 24.8 Å². The lowest BCUT2D eigenvalue weighted by atomic mass is 10.0. The van der Waals surface area contributed by atoms with Gasteiger partial charge in [-0.15, -0.1) is 0 Å². The van der Waals surface area contributed by atoms with Crippen LogP contribution in [0.5, 0.6) is 5.75 Å². The Kier molecular flexibility index (Phi) is 9.33. The first kappa shape index (κ1) is 26.5. The van der Waals surface area contributed by atoms with Gasteiger partial charge in [-0.1, -0.05) is 12.1 Å². The van der Waals surface area contributed by atoms with Crippen LogP contribution in [-0.2, 0) is 30.4 Å². The van der Waals surface area contributed by atoms with Gasteiger partial charge in [0.1, 0.15) is 23.9 Å². The summed E-state index contributed by atoms with van der Waals surface area (Å²) < 4.78 is 0. The summed E-state index contributed by atoms with van der Waals surface area (Å²) in [7, 11) is 0. The molecule has 13 nitrogen and oxygen atoms in total. The predicted molar refractivity (Wildman–Crippen MR) is 115 cm³/mol. The molecule has 13 heteroatoms. The van der Waals surface area contributed by atoms with E-state index in [2.05, 4.69) is 10.6 Å². The molecule has 0 saturated carbocycles. The van der Waals surface area contributed by atoms with Crippen molar-refractivity contribution in [2.24, 2.45) is 5.73 Å². The van der Waals surface area contributed by atoms with Crippen LogP contribution in [0.25, 0.3) is 0 Å². The Morgan fingerprint density at radius 1 is 1.06 bits per heavy atom. The van der Waals surface area contributed by atoms with Crippen molar-refractivity contribution in [3.05, 3.63) is 29.8 Å². The molecule has 3 amide bonds. The third kappa shape index (κ3) is 7.15. The summed E-state index contributed by atoms with van der Waals surface area (Å²) >= 11 is 0. The number of benzene rings is 1. The average molecular weight is 480 g/mol. The number of carbonyl (C=O) groups is 5. The monoisotopic (exact) mass is 480 g/mol. The highest BCUT2D eigenvalue weighted by atomic mass is 16.4. The van der Waals surface area contributed by atoms with E-state index in [1.165, 1.54) is 24.3 Å². The molecular weight excluding hydrogens is 452 g/mol. The highest BCUT2D eigenvalue weighted by Gasteiger charge is 2.39. The normalized spacial score (nSPS) is 17.9. The van der Waals surface area contributed by atoms with Gasteiger partial charge < -0.3 is 41.7 Å². The number of nitrogens with one attached hydrogen (secondary N) is 2. The first-order valence-corrected chi connectivity index (χ1v) is 10.5. The molecule has 4 atom stereocenters. The predicted octanol–water partition coefficient (Wildman–Crippen LogP) is -2.23. The van der Waals surface area contributed by atoms with E-state index < -0.39 is 66.9 Å². The zero-order valence-electron chi connectivity index (χ0n) is 18.2. The molecule has 1 heterocycles. The van der Waals surface area contributed by atoms with Gasteiger partial charge in [-0.2, -0.15) is 0 Å². The van der Waals surface area contributed by atoms with E-state index >= 15 is 0 Å². The summed E-state index contributed by atoms with van der Waals surface area (Å²) in [6, 6.07) is 0.614. The van der Waals surface area contributed by atoms with Gasteiger partial charge in [0, 0.05) is 13.0 Å². The highest BCUT2D eigenvalue weighted by molar-refractivity contribution is 5.95. The summed E-state index contributed by atoms with van der Waals surface area (Å²) in [5.74, 6) is -5.02. The van der Waals surface area contributed by atoms with Gasteiger partial charge in [-0.3, -0.25) is 19.2 Å². The van der Waals surface area contributed by atoms with E-state index in [1.54, 1.807) is 0 Å². The Bertz CT molecular complexity index is 921. The van der Waals surface area contributed by atoms with Gasteiger partial charge in [-0.25, -0.2) is 4.79 Å². The molecule has 1 aromatic carbocycles. The van der Waals surface area contributed by atoms with Gasteiger partial charge in [0.15, 0.2) is 0 Å². The summed E-state index contributed by atoms with van der Waals surface area (Å²) in [4.78, 5) is 61.3. The van der Waals surface area contributed by atoms with Crippen LogP contribution in [-0.4, -0.2) is 92.3 Å². The number of aliphatic hydroxyl groups excluding tert-OH is 1. The van der Waals surface area contributed by atoms with Crippen molar-refractivity contribution in [2.45, 2.75) is 49.9 Å². The molecular formula is C21H28N4O9. The third-order valence-corrected chi connectivity index (χ3v) is 5.36. The van der Waals surface area contributed by atoms with E-state index in [0.717, 1.165) is 4.90 Å². The van der Waals surface area contributed by atoms with Crippen LogP contribution < -0.4 is 16.4 Å². The number of likely N-dealkylation sites (tertiary alicyclic amines) is 1. The first-order valence-electron chi connectivity index (χ1n) is 10.5. The second-order valence-electron chi connectivity index (χ2n) is 7.91. The lowest BCUT2D eigenvalue weighted by molar-refractivity contribution is -0.145. The molecule has 34 heavy (non-hydrogen) atoms. The Hall–Kier alpha value is -3.71. The quantitative estimate of drug-likeness (QED) is 0.181. The molecule has 0 aliphatic carbocycles. The third-order valence-electron chi connectivity index (χ3n) is 5.36.